The van der Waals surface area contributed by atoms with Crippen LogP contribution in [0.15, 0.2) is 36.5 Å². The van der Waals surface area contributed by atoms with Gasteiger partial charge in [0.15, 0.2) is 11.5 Å². The summed E-state index contributed by atoms with van der Waals surface area (Å²) >= 11 is 0. The average Bonchev–Trinajstić information content (AvgIpc) is 2.67. The highest BCUT2D eigenvalue weighted by Crippen LogP contribution is 2.25. The van der Waals surface area contributed by atoms with Crippen molar-refractivity contribution in [3.05, 3.63) is 65.0 Å². The van der Waals surface area contributed by atoms with Crippen LogP contribution < -0.4 is 0 Å². The number of carbonyl (C=O) groups excluding carboxylic acids is 1. The normalized spacial score (nSPS) is 18.6. The molecule has 26 heavy (non-hydrogen) atoms. The van der Waals surface area contributed by atoms with Crippen LogP contribution >= 0.6 is 0 Å². The molecule has 2 aliphatic heterocycles. The minimum absolute atomic E-state index is 0.295. The molecule has 0 unspecified atom stereocenters. The lowest BCUT2D eigenvalue weighted by molar-refractivity contribution is 0.0589. The van der Waals surface area contributed by atoms with Gasteiger partial charge in [-0.05, 0) is 30.4 Å². The molecule has 2 aliphatic rings. The van der Waals surface area contributed by atoms with Crippen molar-refractivity contribution in [2.24, 2.45) is 0 Å². The first-order valence-corrected chi connectivity index (χ1v) is 9.03. The first-order chi connectivity index (χ1) is 12.6. The van der Waals surface area contributed by atoms with Crippen LogP contribution in [-0.4, -0.2) is 46.4 Å². The highest BCUT2D eigenvalue weighted by molar-refractivity contribution is 5.92. The molecule has 0 saturated carbocycles. The fourth-order valence-corrected chi connectivity index (χ4v) is 3.99. The lowest BCUT2D eigenvalue weighted by Crippen LogP contribution is -2.48. The maximum absolute atomic E-state index is 13.8. The van der Waals surface area contributed by atoms with Gasteiger partial charge >= 0.3 is 0 Å². The molecule has 1 amide bonds. The Hall–Kier alpha value is -2.34. The van der Waals surface area contributed by atoms with E-state index in [1.165, 1.54) is 11.1 Å². The predicted octanol–water partition coefficient (Wildman–Crippen LogP) is 3.02. The number of halogens is 2. The van der Waals surface area contributed by atoms with Crippen molar-refractivity contribution in [3.8, 4) is 0 Å². The molecule has 4 nitrogen and oxygen atoms in total. The zero-order valence-corrected chi connectivity index (χ0v) is 14.5. The van der Waals surface area contributed by atoms with Crippen LogP contribution in [0.25, 0.3) is 0 Å². The van der Waals surface area contributed by atoms with E-state index >= 15 is 0 Å². The van der Waals surface area contributed by atoms with E-state index in [1.54, 1.807) is 4.90 Å². The van der Waals surface area contributed by atoms with Gasteiger partial charge in [-0.1, -0.05) is 24.3 Å². The van der Waals surface area contributed by atoms with E-state index < -0.39 is 17.5 Å². The van der Waals surface area contributed by atoms with Gasteiger partial charge in [-0.3, -0.25) is 9.69 Å². The highest BCUT2D eigenvalue weighted by Gasteiger charge is 2.30. The molecule has 1 aromatic heterocycles. The van der Waals surface area contributed by atoms with Gasteiger partial charge in [0.1, 0.15) is 5.82 Å². The summed E-state index contributed by atoms with van der Waals surface area (Å²) in [6.07, 6.45) is 3.65. The molecule has 1 fully saturated rings. The van der Waals surface area contributed by atoms with Crippen LogP contribution in [-0.2, 0) is 13.0 Å². The number of hydrogen-bond acceptors (Lipinski definition) is 3. The number of benzene rings is 1. The molecular formula is C20H21F2N3O. The molecule has 0 spiro atoms. The lowest BCUT2D eigenvalue weighted by Gasteiger charge is -2.40. The Morgan fingerprint density at radius 2 is 1.81 bits per heavy atom. The monoisotopic (exact) mass is 357 g/mol. The second-order valence-corrected chi connectivity index (χ2v) is 7.00. The third kappa shape index (κ3) is 3.33. The van der Waals surface area contributed by atoms with Crippen LogP contribution in [0.2, 0.25) is 0 Å². The van der Waals surface area contributed by atoms with E-state index in [2.05, 4.69) is 34.1 Å². The summed E-state index contributed by atoms with van der Waals surface area (Å²) in [6.45, 7) is 3.12. The standard InChI is InChI=1S/C20H21F2N3O/c21-16-11-18(22)19(23-12-16)20(26)24-9-6-17(7-10-24)25-8-5-14-3-1-2-4-15(14)13-25/h1-4,11-12,17H,5-10,13H2. The molecule has 2 aromatic rings. The Balaban J connectivity index is 1.38. The van der Waals surface area contributed by atoms with E-state index in [9.17, 15) is 13.6 Å². The number of fused-ring (bicyclic) bond motifs is 1. The van der Waals surface area contributed by atoms with Gasteiger partial charge in [0.2, 0.25) is 0 Å². The van der Waals surface area contributed by atoms with Crippen LogP contribution in [0.5, 0.6) is 0 Å². The average molecular weight is 357 g/mol. The molecule has 0 N–H and O–H groups in total. The minimum Gasteiger partial charge on any atom is -0.337 e. The fourth-order valence-electron chi connectivity index (χ4n) is 3.99. The molecule has 3 heterocycles. The molecule has 1 aromatic carbocycles. The smallest absolute Gasteiger partial charge is 0.275 e. The van der Waals surface area contributed by atoms with Gasteiger partial charge < -0.3 is 4.90 Å². The van der Waals surface area contributed by atoms with E-state index in [1.807, 2.05) is 0 Å². The number of rotatable bonds is 2. The van der Waals surface area contributed by atoms with Gasteiger partial charge in [-0.15, -0.1) is 0 Å². The predicted molar refractivity (Wildman–Crippen MR) is 93.6 cm³/mol. The van der Waals surface area contributed by atoms with Crippen molar-refractivity contribution >= 4 is 5.91 Å². The second kappa shape index (κ2) is 7.11. The maximum atomic E-state index is 13.8. The largest absolute Gasteiger partial charge is 0.337 e. The summed E-state index contributed by atoms with van der Waals surface area (Å²) in [4.78, 5) is 20.2. The minimum atomic E-state index is -0.898. The summed E-state index contributed by atoms with van der Waals surface area (Å²) in [5.41, 5.74) is 2.51. The van der Waals surface area contributed by atoms with Crippen molar-refractivity contribution in [2.75, 3.05) is 19.6 Å². The number of nitrogens with zero attached hydrogens (tertiary/aromatic N) is 3. The van der Waals surface area contributed by atoms with Gasteiger partial charge in [0.25, 0.3) is 5.91 Å². The van der Waals surface area contributed by atoms with E-state index in [-0.39, 0.29) is 5.69 Å². The Bertz CT molecular complexity index is 818. The number of likely N-dealkylation sites (tertiary alicyclic amines) is 1. The molecule has 0 aliphatic carbocycles. The number of aromatic nitrogens is 1. The zero-order chi connectivity index (χ0) is 18.1. The van der Waals surface area contributed by atoms with Crippen molar-refractivity contribution in [1.82, 2.24) is 14.8 Å². The molecule has 1 saturated heterocycles. The summed E-state index contributed by atoms with van der Waals surface area (Å²) in [6, 6.07) is 9.67. The van der Waals surface area contributed by atoms with Crippen LogP contribution in [0.3, 0.4) is 0 Å². The Labute approximate surface area is 151 Å². The van der Waals surface area contributed by atoms with Crippen LogP contribution in [0.4, 0.5) is 8.78 Å². The SMILES string of the molecule is O=C(c1ncc(F)cc1F)N1CCC(N2CCc3ccccc3C2)CC1. The second-order valence-electron chi connectivity index (χ2n) is 7.00. The summed E-state index contributed by atoms with van der Waals surface area (Å²) < 4.78 is 26.8. The van der Waals surface area contributed by atoms with Crippen molar-refractivity contribution in [1.29, 1.82) is 0 Å². The summed E-state index contributed by atoms with van der Waals surface area (Å²) in [7, 11) is 0. The highest BCUT2D eigenvalue weighted by atomic mass is 19.1. The van der Waals surface area contributed by atoms with E-state index in [0.29, 0.717) is 25.2 Å². The lowest BCUT2D eigenvalue weighted by atomic mass is 9.95. The van der Waals surface area contributed by atoms with Crippen molar-refractivity contribution in [3.63, 3.8) is 0 Å². The fraction of sp³-hybridized carbons (Fsp3) is 0.400. The first kappa shape index (κ1) is 17.1. The molecule has 0 bridgehead atoms. The number of amides is 1. The number of hydrogen-bond donors (Lipinski definition) is 0. The molecule has 4 rings (SSSR count). The molecular weight excluding hydrogens is 336 g/mol. The maximum Gasteiger partial charge on any atom is 0.275 e. The van der Waals surface area contributed by atoms with E-state index in [4.69, 9.17) is 0 Å². The number of piperidine rings is 1. The Morgan fingerprint density at radius 1 is 1.08 bits per heavy atom. The Kier molecular flexibility index (Phi) is 4.68. The molecule has 0 atom stereocenters. The number of pyridine rings is 1. The van der Waals surface area contributed by atoms with Gasteiger partial charge in [0, 0.05) is 38.3 Å². The Morgan fingerprint density at radius 3 is 2.54 bits per heavy atom. The summed E-state index contributed by atoms with van der Waals surface area (Å²) in [5, 5.41) is 0. The number of carbonyl (C=O) groups is 1. The molecule has 0 radical (unpaired) electrons. The van der Waals surface area contributed by atoms with Crippen molar-refractivity contribution < 1.29 is 13.6 Å². The van der Waals surface area contributed by atoms with Gasteiger partial charge in [-0.25, -0.2) is 13.8 Å². The zero-order valence-electron chi connectivity index (χ0n) is 14.5. The van der Waals surface area contributed by atoms with Crippen LogP contribution in [0.1, 0.15) is 34.5 Å². The quantitative estimate of drug-likeness (QED) is 0.829. The molecule has 136 valence electrons. The third-order valence-electron chi connectivity index (χ3n) is 5.44. The topological polar surface area (TPSA) is 36.4 Å². The van der Waals surface area contributed by atoms with Crippen molar-refractivity contribution in [2.45, 2.75) is 31.8 Å². The van der Waals surface area contributed by atoms with Crippen LogP contribution in [0, 0.1) is 11.6 Å². The third-order valence-corrected chi connectivity index (χ3v) is 5.44. The van der Waals surface area contributed by atoms with Gasteiger partial charge in [0.05, 0.1) is 6.20 Å². The van der Waals surface area contributed by atoms with E-state index in [0.717, 1.165) is 38.5 Å². The molecule has 6 heteroatoms. The first-order valence-electron chi connectivity index (χ1n) is 9.03. The van der Waals surface area contributed by atoms with Gasteiger partial charge in [-0.2, -0.15) is 0 Å². The summed E-state index contributed by atoms with van der Waals surface area (Å²) in [5.74, 6) is -2.13.